The molecule has 2 heterocycles. The number of fused-ring (bicyclic) bond motifs is 1. The predicted octanol–water partition coefficient (Wildman–Crippen LogP) is 3.27. The van der Waals surface area contributed by atoms with Crippen LogP contribution in [-0.2, 0) is 6.42 Å². The average molecular weight is 301 g/mol. The molecule has 0 amide bonds. The van der Waals surface area contributed by atoms with Crippen LogP contribution < -0.4 is 4.74 Å². The van der Waals surface area contributed by atoms with Gasteiger partial charge in [0.2, 0.25) is 11.8 Å². The molecule has 2 atom stereocenters. The Labute approximate surface area is 127 Å². The Morgan fingerprint density at radius 3 is 2.90 bits per heavy atom. The topological polar surface area (TPSA) is 85.5 Å². The molecule has 1 aromatic heterocycles. The monoisotopic (exact) mass is 300 g/mol. The van der Waals surface area contributed by atoms with Crippen LogP contribution in [0.15, 0.2) is 24.3 Å². The second kappa shape index (κ2) is 5.23. The van der Waals surface area contributed by atoms with E-state index < -0.39 is 5.92 Å². The second-order valence-corrected chi connectivity index (χ2v) is 5.25. The van der Waals surface area contributed by atoms with Crippen LogP contribution >= 0.6 is 11.6 Å². The van der Waals surface area contributed by atoms with E-state index in [1.807, 2.05) is 25.1 Å². The van der Waals surface area contributed by atoms with Gasteiger partial charge in [-0.2, -0.15) is 5.26 Å². The first-order valence-electron chi connectivity index (χ1n) is 6.64. The molecule has 0 bridgehead atoms. The van der Waals surface area contributed by atoms with E-state index in [0.717, 1.165) is 23.2 Å². The highest BCUT2D eigenvalue weighted by atomic mass is 35.5. The van der Waals surface area contributed by atoms with Gasteiger partial charge in [-0.25, -0.2) is 0 Å². The Bertz CT molecular complexity index is 746. The van der Waals surface area contributed by atoms with Gasteiger partial charge in [0.1, 0.15) is 5.92 Å². The minimum atomic E-state index is -0.708. The van der Waals surface area contributed by atoms with Crippen LogP contribution in [0.3, 0.4) is 0 Å². The van der Waals surface area contributed by atoms with Gasteiger partial charge in [0, 0.05) is 22.2 Å². The number of benzene rings is 1. The number of hydrogen-bond acceptors (Lipinski definition) is 4. The summed E-state index contributed by atoms with van der Waals surface area (Å²) in [5, 5.41) is 25.0. The predicted molar refractivity (Wildman–Crippen MR) is 78.7 cm³/mol. The number of nitrogens with one attached hydrogen (secondary N) is 2. The van der Waals surface area contributed by atoms with Gasteiger partial charge >= 0.3 is 0 Å². The van der Waals surface area contributed by atoms with Crippen LogP contribution in [0.5, 0.6) is 5.88 Å². The molecule has 2 aromatic rings. The molecule has 21 heavy (non-hydrogen) atoms. The van der Waals surface area contributed by atoms with Gasteiger partial charge in [-0.3, -0.25) is 10.5 Å². The molecule has 2 unspecified atom stereocenters. The fourth-order valence-corrected chi connectivity index (χ4v) is 2.97. The van der Waals surface area contributed by atoms with Crippen molar-refractivity contribution < 1.29 is 4.74 Å². The average Bonchev–Trinajstić information content (AvgIpc) is 2.89. The molecular formula is C15H13ClN4O. The maximum absolute atomic E-state index is 9.47. The summed E-state index contributed by atoms with van der Waals surface area (Å²) < 4.78 is 5.38. The molecule has 3 rings (SSSR count). The Morgan fingerprint density at radius 1 is 1.48 bits per heavy atom. The van der Waals surface area contributed by atoms with Crippen LogP contribution in [0, 0.1) is 22.7 Å². The molecule has 0 radical (unpaired) electrons. The fourth-order valence-electron chi connectivity index (χ4n) is 2.72. The van der Waals surface area contributed by atoms with Gasteiger partial charge in [0.15, 0.2) is 0 Å². The molecule has 0 saturated heterocycles. The fraction of sp³-hybridized carbons (Fsp3) is 0.267. The first kappa shape index (κ1) is 13.7. The van der Waals surface area contributed by atoms with Crippen LogP contribution in [0.1, 0.15) is 29.7 Å². The number of halogens is 1. The zero-order valence-corrected chi connectivity index (χ0v) is 12.1. The summed E-state index contributed by atoms with van der Waals surface area (Å²) in [7, 11) is 0. The summed E-state index contributed by atoms with van der Waals surface area (Å²) in [4.78, 5) is 0. The second-order valence-electron chi connectivity index (χ2n) is 4.85. The zero-order valence-electron chi connectivity index (χ0n) is 11.4. The molecule has 0 fully saturated rings. The maximum Gasteiger partial charge on any atom is 0.243 e. The van der Waals surface area contributed by atoms with E-state index in [4.69, 9.17) is 21.7 Å². The van der Waals surface area contributed by atoms with Gasteiger partial charge in [-0.15, -0.1) is 5.10 Å². The van der Waals surface area contributed by atoms with E-state index >= 15 is 0 Å². The number of ether oxygens (including phenoxy) is 1. The van der Waals surface area contributed by atoms with E-state index in [1.165, 1.54) is 0 Å². The lowest BCUT2D eigenvalue weighted by Gasteiger charge is -2.28. The van der Waals surface area contributed by atoms with Crippen molar-refractivity contribution >= 4 is 17.5 Å². The van der Waals surface area contributed by atoms with Crippen molar-refractivity contribution in [2.45, 2.75) is 19.3 Å². The highest BCUT2D eigenvalue weighted by molar-refractivity contribution is 6.31. The largest absolute Gasteiger partial charge is 0.422 e. The molecule has 6 heteroatoms. The third kappa shape index (κ3) is 2.08. The van der Waals surface area contributed by atoms with Crippen LogP contribution in [-0.4, -0.2) is 16.1 Å². The highest BCUT2D eigenvalue weighted by Crippen LogP contribution is 2.44. The van der Waals surface area contributed by atoms with Gasteiger partial charge in [-0.1, -0.05) is 36.7 Å². The van der Waals surface area contributed by atoms with Gasteiger partial charge in [0.25, 0.3) is 0 Å². The maximum atomic E-state index is 9.47. The van der Waals surface area contributed by atoms with E-state index in [9.17, 15) is 5.26 Å². The molecule has 5 nitrogen and oxygen atoms in total. The lowest BCUT2D eigenvalue weighted by molar-refractivity contribution is 0.436. The van der Waals surface area contributed by atoms with Crippen molar-refractivity contribution in [2.24, 2.45) is 5.92 Å². The summed E-state index contributed by atoms with van der Waals surface area (Å²) in [5.41, 5.74) is 2.55. The van der Waals surface area contributed by atoms with Crippen LogP contribution in [0.4, 0.5) is 0 Å². The molecule has 0 spiro atoms. The number of H-pyrrole nitrogens is 1. The first-order valence-corrected chi connectivity index (χ1v) is 7.02. The molecule has 1 aliphatic heterocycles. The van der Waals surface area contributed by atoms with E-state index in [2.05, 4.69) is 16.3 Å². The number of nitriles is 1. The van der Waals surface area contributed by atoms with Crippen molar-refractivity contribution in [2.75, 3.05) is 0 Å². The van der Waals surface area contributed by atoms with Gasteiger partial charge < -0.3 is 4.74 Å². The minimum Gasteiger partial charge on any atom is -0.422 e. The Balaban J connectivity index is 2.25. The standard InChI is InChI=1S/C15H13ClN4O/c1-2-11-13-12(8-5-3-4-6-10(8)16)9(7-17)14(18)21-15(13)20-19-11/h3-6,9,12,18H,2H2,1H3,(H,19,20). The van der Waals surface area contributed by atoms with Crippen molar-refractivity contribution in [3.63, 3.8) is 0 Å². The number of aryl methyl sites for hydroxylation is 1. The SMILES string of the molecule is CCc1[nH]nc2c1C(c1ccccc1Cl)C(C#N)C(=N)O2. The van der Waals surface area contributed by atoms with E-state index in [-0.39, 0.29) is 11.8 Å². The summed E-state index contributed by atoms with van der Waals surface area (Å²) in [6, 6.07) is 9.55. The van der Waals surface area contributed by atoms with Crippen LogP contribution in [0.25, 0.3) is 0 Å². The van der Waals surface area contributed by atoms with Crippen LogP contribution in [0.2, 0.25) is 5.02 Å². The van der Waals surface area contributed by atoms with E-state index in [1.54, 1.807) is 6.07 Å². The Morgan fingerprint density at radius 2 is 2.24 bits per heavy atom. The van der Waals surface area contributed by atoms with Crippen molar-refractivity contribution in [1.29, 1.82) is 10.7 Å². The molecule has 106 valence electrons. The van der Waals surface area contributed by atoms with Gasteiger partial charge in [-0.05, 0) is 18.1 Å². The molecule has 0 saturated carbocycles. The zero-order chi connectivity index (χ0) is 15.0. The number of aromatic nitrogens is 2. The molecule has 2 N–H and O–H groups in total. The summed E-state index contributed by atoms with van der Waals surface area (Å²) >= 11 is 6.31. The number of aromatic amines is 1. The summed E-state index contributed by atoms with van der Waals surface area (Å²) in [6.07, 6.45) is 0.734. The number of hydrogen-bond donors (Lipinski definition) is 2. The van der Waals surface area contributed by atoms with Gasteiger partial charge in [0.05, 0.1) is 6.07 Å². The van der Waals surface area contributed by atoms with E-state index in [0.29, 0.717) is 10.9 Å². The van der Waals surface area contributed by atoms with Crippen molar-refractivity contribution in [3.8, 4) is 11.9 Å². The summed E-state index contributed by atoms with van der Waals surface area (Å²) in [6.45, 7) is 2.00. The summed E-state index contributed by atoms with van der Waals surface area (Å²) in [5.74, 6) is -0.772. The molecule has 1 aliphatic rings. The van der Waals surface area contributed by atoms with Crippen molar-refractivity contribution in [1.82, 2.24) is 10.2 Å². The lowest BCUT2D eigenvalue weighted by Crippen LogP contribution is -2.31. The lowest BCUT2D eigenvalue weighted by atomic mass is 9.79. The quantitative estimate of drug-likeness (QED) is 0.892. The normalized spacial score (nSPS) is 20.5. The first-order chi connectivity index (χ1) is 10.2. The molecular weight excluding hydrogens is 288 g/mol. The molecule has 1 aromatic carbocycles. The Hall–Kier alpha value is -2.32. The molecule has 0 aliphatic carbocycles. The third-order valence-electron chi connectivity index (χ3n) is 3.71. The number of rotatable bonds is 2. The smallest absolute Gasteiger partial charge is 0.243 e. The van der Waals surface area contributed by atoms with Crippen molar-refractivity contribution in [3.05, 3.63) is 46.1 Å². The minimum absolute atomic E-state index is 0.0935. The third-order valence-corrected chi connectivity index (χ3v) is 4.06. The highest BCUT2D eigenvalue weighted by Gasteiger charge is 2.40. The Kier molecular flexibility index (Phi) is 3.40. The number of nitrogens with zero attached hydrogens (tertiary/aromatic N) is 2.